The number of carboxylic acids is 1. The average molecular weight is 338 g/mol. The molecule has 1 aliphatic rings. The van der Waals surface area contributed by atoms with Crippen LogP contribution in [0.4, 0.5) is 0 Å². The lowest BCUT2D eigenvalue weighted by molar-refractivity contribution is -0.153. The third kappa shape index (κ3) is 4.36. The zero-order valence-electron chi connectivity index (χ0n) is 14.3. The van der Waals surface area contributed by atoms with E-state index in [4.69, 9.17) is 9.15 Å². The van der Waals surface area contributed by atoms with Crippen molar-refractivity contribution in [2.75, 3.05) is 33.9 Å². The lowest BCUT2D eigenvalue weighted by Gasteiger charge is -2.39. The molecule has 2 heterocycles. The second-order valence-corrected chi connectivity index (χ2v) is 6.34. The number of furan rings is 1. The van der Waals surface area contributed by atoms with Crippen molar-refractivity contribution in [3.8, 4) is 0 Å². The van der Waals surface area contributed by atoms with Gasteiger partial charge in [0.05, 0.1) is 12.0 Å². The van der Waals surface area contributed by atoms with Gasteiger partial charge in [0.25, 0.3) is 5.91 Å². The summed E-state index contributed by atoms with van der Waals surface area (Å²) in [5, 5.41) is 12.3. The Morgan fingerprint density at radius 2 is 2.25 bits per heavy atom. The van der Waals surface area contributed by atoms with Crippen molar-refractivity contribution in [1.29, 1.82) is 0 Å². The van der Waals surface area contributed by atoms with Gasteiger partial charge in [-0.1, -0.05) is 0 Å². The number of hydrogen-bond acceptors (Lipinski definition) is 5. The molecule has 1 aliphatic heterocycles. The molecular weight excluding hydrogens is 312 g/mol. The second kappa shape index (κ2) is 8.30. The molecule has 7 nitrogen and oxygen atoms in total. The monoisotopic (exact) mass is 338 g/mol. The highest BCUT2D eigenvalue weighted by Crippen LogP contribution is 2.35. The topological polar surface area (TPSA) is 92.0 Å². The number of carbonyl (C=O) groups excluding carboxylic acids is 1. The Balaban J connectivity index is 2.01. The van der Waals surface area contributed by atoms with Crippen LogP contribution in [0.2, 0.25) is 0 Å². The second-order valence-electron chi connectivity index (χ2n) is 6.34. The molecule has 0 unspecified atom stereocenters. The summed E-state index contributed by atoms with van der Waals surface area (Å²) in [6.07, 6.45) is 2.86. The summed E-state index contributed by atoms with van der Waals surface area (Å²) in [6, 6.07) is 3.41. The minimum atomic E-state index is -0.742. The highest BCUT2D eigenvalue weighted by atomic mass is 16.5. The van der Waals surface area contributed by atoms with E-state index in [1.54, 1.807) is 26.3 Å². The van der Waals surface area contributed by atoms with E-state index >= 15 is 0 Å². The van der Waals surface area contributed by atoms with E-state index in [9.17, 15) is 14.7 Å². The molecule has 0 spiro atoms. The first-order valence-electron chi connectivity index (χ1n) is 8.26. The smallest absolute Gasteiger partial charge is 0.310 e. The molecule has 7 heteroatoms. The van der Waals surface area contributed by atoms with E-state index in [-0.39, 0.29) is 11.7 Å². The normalized spacial score (nSPS) is 21.6. The predicted molar refractivity (Wildman–Crippen MR) is 87.8 cm³/mol. The lowest BCUT2D eigenvalue weighted by Crippen LogP contribution is -2.47. The average Bonchev–Trinajstić information content (AvgIpc) is 3.03. The van der Waals surface area contributed by atoms with Gasteiger partial charge in [0.1, 0.15) is 5.76 Å². The third-order valence-corrected chi connectivity index (χ3v) is 4.61. The molecule has 134 valence electrons. The Labute approximate surface area is 142 Å². The number of nitrogens with zero attached hydrogens (tertiary/aromatic N) is 1. The van der Waals surface area contributed by atoms with Crippen LogP contribution in [0.25, 0.3) is 0 Å². The number of aliphatic carboxylic acids is 1. The van der Waals surface area contributed by atoms with Gasteiger partial charge in [-0.25, -0.2) is 0 Å². The number of piperidine rings is 1. The summed E-state index contributed by atoms with van der Waals surface area (Å²) in [4.78, 5) is 25.5. The Morgan fingerprint density at radius 3 is 2.92 bits per heavy atom. The summed E-state index contributed by atoms with van der Waals surface area (Å²) in [5.74, 6) is -0.0612. The quantitative estimate of drug-likeness (QED) is 0.702. The Kier molecular flexibility index (Phi) is 6.39. The molecule has 2 N–H and O–H groups in total. The van der Waals surface area contributed by atoms with Crippen molar-refractivity contribution >= 4 is 11.9 Å². The van der Waals surface area contributed by atoms with Gasteiger partial charge in [0.2, 0.25) is 0 Å². The maximum absolute atomic E-state index is 11.9. The van der Waals surface area contributed by atoms with Crippen LogP contribution in [0, 0.1) is 5.41 Å². The van der Waals surface area contributed by atoms with Gasteiger partial charge in [-0.05, 0) is 44.4 Å². The highest BCUT2D eigenvalue weighted by Gasteiger charge is 2.41. The van der Waals surface area contributed by atoms with Crippen LogP contribution >= 0.6 is 0 Å². The van der Waals surface area contributed by atoms with Crippen LogP contribution in [0.15, 0.2) is 16.5 Å². The maximum atomic E-state index is 11.9. The van der Waals surface area contributed by atoms with Gasteiger partial charge >= 0.3 is 5.97 Å². The Hall–Kier alpha value is -1.86. The first-order valence-corrected chi connectivity index (χ1v) is 8.26. The Morgan fingerprint density at radius 1 is 1.46 bits per heavy atom. The predicted octanol–water partition coefficient (Wildman–Crippen LogP) is 1.73. The summed E-state index contributed by atoms with van der Waals surface area (Å²) in [5.41, 5.74) is -0.729. The van der Waals surface area contributed by atoms with E-state index in [0.717, 1.165) is 19.4 Å². The van der Waals surface area contributed by atoms with Crippen molar-refractivity contribution in [2.24, 2.45) is 5.41 Å². The molecule has 1 aromatic rings. The summed E-state index contributed by atoms with van der Waals surface area (Å²) in [6.45, 7) is 2.40. The number of carbonyl (C=O) groups is 2. The van der Waals surface area contributed by atoms with Gasteiger partial charge in [0, 0.05) is 27.3 Å². The van der Waals surface area contributed by atoms with Gasteiger partial charge in [-0.15, -0.1) is 0 Å². The van der Waals surface area contributed by atoms with Crippen LogP contribution in [0.5, 0.6) is 0 Å². The minimum Gasteiger partial charge on any atom is -0.481 e. The summed E-state index contributed by atoms with van der Waals surface area (Å²) >= 11 is 0. The lowest BCUT2D eigenvalue weighted by atomic mass is 9.76. The fourth-order valence-electron chi connectivity index (χ4n) is 3.33. The first kappa shape index (κ1) is 18.5. The van der Waals surface area contributed by atoms with E-state index in [2.05, 4.69) is 10.2 Å². The SMILES string of the molecule is CNC(=O)c1ccc(CN2CCC[C@@](CCCOC)(C(=O)O)C2)o1. The van der Waals surface area contributed by atoms with Crippen molar-refractivity contribution in [1.82, 2.24) is 10.2 Å². The maximum Gasteiger partial charge on any atom is 0.310 e. The van der Waals surface area contributed by atoms with Gasteiger partial charge in [-0.3, -0.25) is 14.5 Å². The van der Waals surface area contributed by atoms with E-state index in [1.165, 1.54) is 0 Å². The fraction of sp³-hybridized carbons (Fsp3) is 0.647. The molecular formula is C17H26N2O5. The number of rotatable bonds is 8. The summed E-state index contributed by atoms with van der Waals surface area (Å²) in [7, 11) is 3.18. The molecule has 24 heavy (non-hydrogen) atoms. The molecule has 1 aromatic heterocycles. The molecule has 1 saturated heterocycles. The molecule has 2 rings (SSSR count). The van der Waals surface area contributed by atoms with Crippen LogP contribution in [-0.2, 0) is 16.1 Å². The molecule has 1 fully saturated rings. The number of carboxylic acid groups (broad SMARTS) is 1. The molecule has 0 aromatic carbocycles. The zero-order valence-corrected chi connectivity index (χ0v) is 14.3. The van der Waals surface area contributed by atoms with E-state index in [0.29, 0.717) is 38.3 Å². The Bertz CT molecular complexity index is 571. The number of amides is 1. The standard InChI is InChI=1S/C17H26N2O5/c1-18-15(20)14-6-5-13(24-14)11-19-9-3-7-17(12-19,16(21)22)8-4-10-23-2/h5-6H,3-4,7-12H2,1-2H3,(H,18,20)(H,21,22)/t17-/m0/s1. The van der Waals surface area contributed by atoms with Crippen LogP contribution < -0.4 is 5.32 Å². The zero-order chi connectivity index (χ0) is 17.6. The van der Waals surface area contributed by atoms with Crippen molar-refractivity contribution in [2.45, 2.75) is 32.2 Å². The number of ether oxygens (including phenoxy) is 1. The summed E-state index contributed by atoms with van der Waals surface area (Å²) < 4.78 is 10.6. The number of likely N-dealkylation sites (tertiary alicyclic amines) is 1. The number of hydrogen-bond donors (Lipinski definition) is 2. The fourth-order valence-corrected chi connectivity index (χ4v) is 3.33. The van der Waals surface area contributed by atoms with Gasteiger partial charge in [0.15, 0.2) is 5.76 Å². The van der Waals surface area contributed by atoms with Crippen molar-refractivity contribution in [3.05, 3.63) is 23.7 Å². The molecule has 0 aliphatic carbocycles. The third-order valence-electron chi connectivity index (χ3n) is 4.61. The number of methoxy groups -OCH3 is 1. The van der Waals surface area contributed by atoms with Crippen LogP contribution in [0.1, 0.15) is 42.0 Å². The molecule has 1 amide bonds. The largest absolute Gasteiger partial charge is 0.481 e. The van der Waals surface area contributed by atoms with Gasteiger partial charge < -0.3 is 19.6 Å². The van der Waals surface area contributed by atoms with E-state index < -0.39 is 11.4 Å². The van der Waals surface area contributed by atoms with Crippen LogP contribution in [-0.4, -0.2) is 55.7 Å². The number of nitrogens with one attached hydrogen (secondary N) is 1. The molecule has 0 radical (unpaired) electrons. The van der Waals surface area contributed by atoms with Gasteiger partial charge in [-0.2, -0.15) is 0 Å². The molecule has 0 bridgehead atoms. The van der Waals surface area contributed by atoms with Crippen molar-refractivity contribution in [3.63, 3.8) is 0 Å². The molecule has 0 saturated carbocycles. The molecule has 1 atom stereocenters. The van der Waals surface area contributed by atoms with E-state index in [1.807, 2.05) is 0 Å². The van der Waals surface area contributed by atoms with Crippen molar-refractivity contribution < 1.29 is 23.8 Å². The minimum absolute atomic E-state index is 0.264. The first-order chi connectivity index (χ1) is 11.5. The van der Waals surface area contributed by atoms with Crippen LogP contribution in [0.3, 0.4) is 0 Å². The highest BCUT2D eigenvalue weighted by molar-refractivity contribution is 5.91.